The molecule has 186 valence electrons. The molecule has 0 aliphatic rings. The van der Waals surface area contributed by atoms with Crippen molar-refractivity contribution in [3.05, 3.63) is 102 Å². The number of urea groups is 1. The second-order valence-corrected chi connectivity index (χ2v) is 11.1. The van der Waals surface area contributed by atoms with E-state index in [0.717, 1.165) is 38.6 Å². The van der Waals surface area contributed by atoms with Gasteiger partial charge in [-0.05, 0) is 83.9 Å². The minimum Gasteiger partial charge on any atom is -0.308 e. The number of fused-ring (bicyclic) bond motifs is 1. The fourth-order valence-corrected chi connectivity index (χ4v) is 4.70. The highest BCUT2D eigenvalue weighted by Gasteiger charge is 2.09. The summed E-state index contributed by atoms with van der Waals surface area (Å²) in [6.07, 6.45) is 2.88. The summed E-state index contributed by atoms with van der Waals surface area (Å²) in [5.74, 6) is 0. The number of benzene rings is 4. The molecule has 0 radical (unpaired) electrons. The summed E-state index contributed by atoms with van der Waals surface area (Å²) in [6.45, 7) is 0. The number of aromatic nitrogens is 2. The van der Waals surface area contributed by atoms with E-state index in [-0.39, 0.29) is 6.03 Å². The molecule has 0 saturated heterocycles. The summed E-state index contributed by atoms with van der Waals surface area (Å²) in [4.78, 5) is 16.9. The molecular formula is C27H22BrN5O3S. The average Bonchev–Trinajstić information content (AvgIpc) is 3.29. The van der Waals surface area contributed by atoms with E-state index < -0.39 is 10.0 Å². The van der Waals surface area contributed by atoms with Gasteiger partial charge < -0.3 is 10.6 Å². The Bertz CT molecular complexity index is 1680. The summed E-state index contributed by atoms with van der Waals surface area (Å²) < 4.78 is 28.2. The minimum absolute atomic E-state index is 0.323. The van der Waals surface area contributed by atoms with Crippen LogP contribution in [0.3, 0.4) is 0 Å². The van der Waals surface area contributed by atoms with Crippen molar-refractivity contribution >= 4 is 60.1 Å². The van der Waals surface area contributed by atoms with Crippen molar-refractivity contribution in [2.75, 3.05) is 21.6 Å². The molecule has 2 amide bonds. The standard InChI is InChI=1S/C27H22BrN5O3S/c1-37(35,36)32-23-7-2-18(3-8-23)19-4-15-26-25(16-19)29-17-33(26)24-13-11-22(12-14-24)31-27(34)30-21-9-5-20(28)6-10-21/h2-17,32H,1H3,(H2,30,31,34). The van der Waals surface area contributed by atoms with E-state index in [9.17, 15) is 13.2 Å². The summed E-state index contributed by atoms with van der Waals surface area (Å²) in [5.41, 5.74) is 6.47. The molecule has 0 aliphatic heterocycles. The lowest BCUT2D eigenvalue weighted by atomic mass is 10.0. The van der Waals surface area contributed by atoms with E-state index in [0.29, 0.717) is 17.1 Å². The number of halogens is 1. The summed E-state index contributed by atoms with van der Waals surface area (Å²) in [5, 5.41) is 5.63. The van der Waals surface area contributed by atoms with E-state index in [1.54, 1.807) is 18.5 Å². The highest BCUT2D eigenvalue weighted by Crippen LogP contribution is 2.27. The minimum atomic E-state index is -3.32. The van der Waals surface area contributed by atoms with Crippen molar-refractivity contribution in [3.63, 3.8) is 0 Å². The van der Waals surface area contributed by atoms with Crippen LogP contribution in [0.4, 0.5) is 21.9 Å². The van der Waals surface area contributed by atoms with Gasteiger partial charge in [-0.15, -0.1) is 0 Å². The fraction of sp³-hybridized carbons (Fsp3) is 0.0370. The van der Waals surface area contributed by atoms with Gasteiger partial charge in [0.05, 0.1) is 17.3 Å². The SMILES string of the molecule is CS(=O)(=O)Nc1ccc(-c2ccc3c(c2)ncn3-c2ccc(NC(=O)Nc3ccc(Br)cc3)cc2)cc1. The third kappa shape index (κ3) is 5.99. The third-order valence-corrected chi connectivity index (χ3v) is 6.71. The third-order valence-electron chi connectivity index (χ3n) is 5.57. The summed E-state index contributed by atoms with van der Waals surface area (Å²) >= 11 is 3.37. The van der Waals surface area contributed by atoms with Crippen LogP contribution in [-0.4, -0.2) is 30.3 Å². The summed E-state index contributed by atoms with van der Waals surface area (Å²) in [6, 6.07) is 27.7. The van der Waals surface area contributed by atoms with Gasteiger partial charge in [0.15, 0.2) is 0 Å². The maximum absolute atomic E-state index is 12.3. The zero-order valence-corrected chi connectivity index (χ0v) is 22.0. The molecule has 5 rings (SSSR count). The van der Waals surface area contributed by atoms with E-state index in [1.807, 2.05) is 83.4 Å². The first-order valence-electron chi connectivity index (χ1n) is 11.2. The Morgan fingerprint density at radius 3 is 1.97 bits per heavy atom. The predicted molar refractivity (Wildman–Crippen MR) is 152 cm³/mol. The smallest absolute Gasteiger partial charge is 0.308 e. The largest absolute Gasteiger partial charge is 0.323 e. The van der Waals surface area contributed by atoms with E-state index in [2.05, 4.69) is 36.3 Å². The van der Waals surface area contributed by atoms with Crippen LogP contribution in [0.25, 0.3) is 27.8 Å². The van der Waals surface area contributed by atoms with Crippen LogP contribution in [-0.2, 0) is 10.0 Å². The predicted octanol–water partition coefficient (Wildman–Crippen LogP) is 6.47. The Balaban J connectivity index is 1.30. The van der Waals surface area contributed by atoms with Crippen LogP contribution in [0, 0.1) is 0 Å². The fourth-order valence-electron chi connectivity index (χ4n) is 3.87. The number of hydrogen-bond donors (Lipinski definition) is 3. The molecule has 4 aromatic carbocycles. The number of imidazole rings is 1. The maximum Gasteiger partial charge on any atom is 0.323 e. The second-order valence-electron chi connectivity index (χ2n) is 8.40. The van der Waals surface area contributed by atoms with Crippen molar-refractivity contribution in [1.82, 2.24) is 9.55 Å². The van der Waals surface area contributed by atoms with E-state index in [1.165, 1.54) is 0 Å². The number of sulfonamides is 1. The lowest BCUT2D eigenvalue weighted by Gasteiger charge is -2.10. The number of hydrogen-bond acceptors (Lipinski definition) is 4. The van der Waals surface area contributed by atoms with Crippen molar-refractivity contribution in [2.45, 2.75) is 0 Å². The van der Waals surface area contributed by atoms with Crippen LogP contribution in [0.1, 0.15) is 0 Å². The highest BCUT2D eigenvalue weighted by molar-refractivity contribution is 9.10. The molecule has 3 N–H and O–H groups in total. The Hall–Kier alpha value is -4.15. The van der Waals surface area contributed by atoms with Crippen LogP contribution >= 0.6 is 15.9 Å². The van der Waals surface area contributed by atoms with Crippen LogP contribution in [0.15, 0.2) is 102 Å². The molecule has 1 heterocycles. The lowest BCUT2D eigenvalue weighted by molar-refractivity contribution is 0.262. The molecule has 5 aromatic rings. The number of nitrogens with one attached hydrogen (secondary N) is 3. The topological polar surface area (TPSA) is 105 Å². The molecule has 0 fully saturated rings. The van der Waals surface area contributed by atoms with Gasteiger partial charge >= 0.3 is 6.03 Å². The molecular weight excluding hydrogens is 554 g/mol. The van der Waals surface area contributed by atoms with Gasteiger partial charge in [0.1, 0.15) is 6.33 Å². The molecule has 8 nitrogen and oxygen atoms in total. The molecule has 0 atom stereocenters. The number of carbonyl (C=O) groups excluding carboxylic acids is 1. The number of nitrogens with zero attached hydrogens (tertiary/aromatic N) is 2. The molecule has 0 aliphatic carbocycles. The average molecular weight is 576 g/mol. The van der Waals surface area contributed by atoms with E-state index >= 15 is 0 Å². The zero-order chi connectivity index (χ0) is 26.0. The number of amides is 2. The quantitative estimate of drug-likeness (QED) is 0.216. The van der Waals surface area contributed by atoms with Gasteiger partial charge in [-0.3, -0.25) is 9.29 Å². The van der Waals surface area contributed by atoms with Crippen molar-refractivity contribution in [2.24, 2.45) is 0 Å². The number of anilines is 3. The Kier molecular flexibility index (Phi) is 6.68. The molecule has 0 saturated carbocycles. The van der Waals surface area contributed by atoms with Crippen molar-refractivity contribution in [1.29, 1.82) is 0 Å². The molecule has 0 spiro atoms. The molecule has 37 heavy (non-hydrogen) atoms. The van der Waals surface area contributed by atoms with Crippen molar-refractivity contribution in [3.8, 4) is 16.8 Å². The first-order chi connectivity index (χ1) is 17.7. The Labute approximate surface area is 222 Å². The van der Waals surface area contributed by atoms with Gasteiger partial charge in [0, 0.05) is 27.2 Å². The van der Waals surface area contributed by atoms with Crippen molar-refractivity contribution < 1.29 is 13.2 Å². The Morgan fingerprint density at radius 1 is 0.784 bits per heavy atom. The van der Waals surface area contributed by atoms with Crippen LogP contribution in [0.5, 0.6) is 0 Å². The van der Waals surface area contributed by atoms with E-state index in [4.69, 9.17) is 0 Å². The van der Waals surface area contributed by atoms with Crippen LogP contribution in [0.2, 0.25) is 0 Å². The molecule has 1 aromatic heterocycles. The monoisotopic (exact) mass is 575 g/mol. The second kappa shape index (κ2) is 10.1. The normalized spacial score (nSPS) is 11.3. The number of carbonyl (C=O) groups is 1. The lowest BCUT2D eigenvalue weighted by Crippen LogP contribution is -2.19. The maximum atomic E-state index is 12.3. The number of rotatable bonds is 6. The van der Waals surface area contributed by atoms with Gasteiger partial charge in [0.2, 0.25) is 10.0 Å². The first-order valence-corrected chi connectivity index (χ1v) is 13.9. The first kappa shape index (κ1) is 24.5. The van der Waals surface area contributed by atoms with Gasteiger partial charge in [-0.2, -0.15) is 0 Å². The molecule has 0 unspecified atom stereocenters. The van der Waals surface area contributed by atoms with Gasteiger partial charge in [-0.1, -0.05) is 34.1 Å². The van der Waals surface area contributed by atoms with Gasteiger partial charge in [-0.25, -0.2) is 18.2 Å². The highest BCUT2D eigenvalue weighted by atomic mass is 79.9. The zero-order valence-electron chi connectivity index (χ0n) is 19.6. The summed E-state index contributed by atoms with van der Waals surface area (Å²) in [7, 11) is -3.32. The van der Waals surface area contributed by atoms with Gasteiger partial charge in [0.25, 0.3) is 0 Å². The molecule has 0 bridgehead atoms. The van der Waals surface area contributed by atoms with Crippen LogP contribution < -0.4 is 15.4 Å². The Morgan fingerprint density at radius 2 is 1.35 bits per heavy atom. The molecule has 10 heteroatoms.